The van der Waals surface area contributed by atoms with E-state index in [1.165, 1.54) is 18.9 Å². The first-order chi connectivity index (χ1) is 15.4. The molecule has 1 aliphatic carbocycles. The molecule has 2 aliphatic rings. The van der Waals surface area contributed by atoms with Crippen LogP contribution in [0.4, 0.5) is 14.5 Å². The maximum absolute atomic E-state index is 12.9. The van der Waals surface area contributed by atoms with E-state index in [0.717, 1.165) is 22.4 Å². The molecule has 1 N–H and O–H groups in total. The van der Waals surface area contributed by atoms with Crippen molar-refractivity contribution in [1.82, 2.24) is 19.7 Å². The molecule has 1 saturated carbocycles. The Kier molecular flexibility index (Phi) is 5.30. The lowest BCUT2D eigenvalue weighted by Gasteiger charge is -2.38. The largest absolute Gasteiger partial charge is 0.323 e. The van der Waals surface area contributed by atoms with Gasteiger partial charge in [-0.3, -0.25) is 19.4 Å². The number of rotatable bonds is 7. The van der Waals surface area contributed by atoms with Crippen LogP contribution in [0.1, 0.15) is 30.0 Å². The molecule has 8 heteroatoms. The summed E-state index contributed by atoms with van der Waals surface area (Å²) in [6.45, 7) is 0.0743. The van der Waals surface area contributed by atoms with E-state index in [4.69, 9.17) is 0 Å². The normalized spacial score (nSPS) is 17.9. The van der Waals surface area contributed by atoms with Crippen LogP contribution in [0.25, 0.3) is 17.3 Å². The molecule has 3 aromatic rings. The van der Waals surface area contributed by atoms with Crippen LogP contribution in [0, 0.1) is 0 Å². The Bertz CT molecular complexity index is 1140. The number of amides is 1. The molecule has 3 heterocycles. The van der Waals surface area contributed by atoms with Gasteiger partial charge in [0.15, 0.2) is 0 Å². The van der Waals surface area contributed by atoms with Gasteiger partial charge in [-0.25, -0.2) is 8.78 Å². The first-order valence-electron chi connectivity index (χ1n) is 10.6. The number of hydrogen-bond acceptors (Lipinski definition) is 4. The number of carbonyl (C=O) groups is 1. The van der Waals surface area contributed by atoms with Gasteiger partial charge in [-0.15, -0.1) is 0 Å². The van der Waals surface area contributed by atoms with Gasteiger partial charge in [0.1, 0.15) is 0 Å². The van der Waals surface area contributed by atoms with E-state index in [1.807, 2.05) is 35.1 Å². The van der Waals surface area contributed by atoms with Crippen molar-refractivity contribution < 1.29 is 13.6 Å². The van der Waals surface area contributed by atoms with Crippen LogP contribution >= 0.6 is 0 Å². The molecule has 0 bridgehead atoms. The molecule has 2 fully saturated rings. The number of benzene rings is 1. The molecule has 6 nitrogen and oxygen atoms in total. The van der Waals surface area contributed by atoms with E-state index in [9.17, 15) is 13.6 Å². The minimum atomic E-state index is -2.56. The van der Waals surface area contributed by atoms with Crippen molar-refractivity contribution in [2.45, 2.75) is 31.4 Å². The second-order valence-electron chi connectivity index (χ2n) is 8.40. The average molecular weight is 435 g/mol. The molecule has 5 rings (SSSR count). The van der Waals surface area contributed by atoms with Gasteiger partial charge >= 0.3 is 0 Å². The van der Waals surface area contributed by atoms with E-state index in [-0.39, 0.29) is 19.0 Å². The summed E-state index contributed by atoms with van der Waals surface area (Å²) in [5.74, 6) is -2.83. The molecule has 2 aromatic heterocycles. The monoisotopic (exact) mass is 435 g/mol. The Morgan fingerprint density at radius 3 is 2.66 bits per heavy atom. The third-order valence-electron chi connectivity index (χ3n) is 5.61. The van der Waals surface area contributed by atoms with Crippen LogP contribution in [0.5, 0.6) is 0 Å². The summed E-state index contributed by atoms with van der Waals surface area (Å²) >= 11 is 0. The quantitative estimate of drug-likeness (QED) is 0.560. The van der Waals surface area contributed by atoms with Crippen molar-refractivity contribution in [2.24, 2.45) is 0 Å². The molecular weight excluding hydrogens is 412 g/mol. The van der Waals surface area contributed by atoms with Crippen molar-refractivity contribution in [3.8, 4) is 11.3 Å². The molecule has 0 unspecified atom stereocenters. The summed E-state index contributed by atoms with van der Waals surface area (Å²) in [6, 6.07) is 11.6. The number of halogens is 2. The van der Waals surface area contributed by atoms with E-state index >= 15 is 0 Å². The fourth-order valence-corrected chi connectivity index (χ4v) is 3.82. The average Bonchev–Trinajstić information content (AvgIpc) is 3.49. The topological polar surface area (TPSA) is 63.1 Å². The zero-order chi connectivity index (χ0) is 22.1. The standard InChI is InChI=1S/C24H23F2N5O/c25-24(26)15-30(16-24)14-17-1-4-19(5-2-17)28-23(32)8-3-18-13-27-11-9-21(18)22-10-12-31(29-22)20-6-7-20/h1-5,8-13,20H,6-7,14-16H2,(H,28,32). The number of pyridine rings is 1. The van der Waals surface area contributed by atoms with Gasteiger partial charge < -0.3 is 5.32 Å². The van der Waals surface area contributed by atoms with Crippen LogP contribution in [0.15, 0.2) is 61.1 Å². The van der Waals surface area contributed by atoms with E-state index in [0.29, 0.717) is 18.3 Å². The predicted molar refractivity (Wildman–Crippen MR) is 118 cm³/mol. The second kappa shape index (κ2) is 8.27. The molecule has 1 aromatic carbocycles. The molecule has 1 amide bonds. The minimum Gasteiger partial charge on any atom is -0.323 e. The van der Waals surface area contributed by atoms with Gasteiger partial charge in [-0.2, -0.15) is 5.10 Å². The highest BCUT2D eigenvalue weighted by Gasteiger charge is 2.43. The highest BCUT2D eigenvalue weighted by atomic mass is 19.3. The van der Waals surface area contributed by atoms with Gasteiger partial charge in [0.25, 0.3) is 5.92 Å². The van der Waals surface area contributed by atoms with Crippen LogP contribution in [0.3, 0.4) is 0 Å². The van der Waals surface area contributed by atoms with Gasteiger partial charge in [0.2, 0.25) is 5.91 Å². The molecule has 32 heavy (non-hydrogen) atoms. The summed E-state index contributed by atoms with van der Waals surface area (Å²) in [7, 11) is 0. The first-order valence-corrected chi connectivity index (χ1v) is 10.6. The molecule has 0 radical (unpaired) electrons. The number of carbonyl (C=O) groups excluding carboxylic acids is 1. The SMILES string of the molecule is O=C(C=Cc1cnccc1-c1ccn(C2CC2)n1)Nc1ccc(CN2CC(F)(F)C2)cc1. The molecular formula is C24H23F2N5O. The summed E-state index contributed by atoms with van der Waals surface area (Å²) in [6.07, 6.45) is 10.9. The third-order valence-corrected chi connectivity index (χ3v) is 5.61. The smallest absolute Gasteiger partial charge is 0.272 e. The van der Waals surface area contributed by atoms with Crippen molar-refractivity contribution >= 4 is 17.7 Å². The Hall–Kier alpha value is -3.39. The number of anilines is 1. The van der Waals surface area contributed by atoms with Crippen LogP contribution in [0.2, 0.25) is 0 Å². The van der Waals surface area contributed by atoms with Crippen molar-refractivity contribution in [3.63, 3.8) is 0 Å². The lowest BCUT2D eigenvalue weighted by atomic mass is 10.1. The highest BCUT2D eigenvalue weighted by Crippen LogP contribution is 2.35. The number of likely N-dealkylation sites (tertiary alicyclic amines) is 1. The lowest BCUT2D eigenvalue weighted by molar-refractivity contribution is -0.133. The molecule has 1 aliphatic heterocycles. The second-order valence-corrected chi connectivity index (χ2v) is 8.40. The Balaban J connectivity index is 1.20. The summed E-state index contributed by atoms with van der Waals surface area (Å²) < 4.78 is 27.9. The Morgan fingerprint density at radius 1 is 1.16 bits per heavy atom. The van der Waals surface area contributed by atoms with Gasteiger partial charge in [0.05, 0.1) is 24.8 Å². The first kappa shape index (κ1) is 20.5. The zero-order valence-corrected chi connectivity index (χ0v) is 17.4. The number of alkyl halides is 2. The van der Waals surface area contributed by atoms with Gasteiger partial charge in [-0.1, -0.05) is 12.1 Å². The van der Waals surface area contributed by atoms with Crippen LogP contribution in [-0.4, -0.2) is 44.6 Å². The van der Waals surface area contributed by atoms with Crippen molar-refractivity contribution in [3.05, 3.63) is 72.2 Å². The summed E-state index contributed by atoms with van der Waals surface area (Å²) in [5, 5.41) is 7.48. The zero-order valence-electron chi connectivity index (χ0n) is 17.4. The molecule has 1 saturated heterocycles. The van der Waals surface area contributed by atoms with Crippen molar-refractivity contribution in [1.29, 1.82) is 0 Å². The Morgan fingerprint density at radius 2 is 1.94 bits per heavy atom. The molecule has 0 atom stereocenters. The fraction of sp³-hybridized carbons (Fsp3) is 0.292. The fourth-order valence-electron chi connectivity index (χ4n) is 3.82. The maximum atomic E-state index is 12.9. The molecule has 0 spiro atoms. The third kappa shape index (κ3) is 4.75. The molecule has 164 valence electrons. The Labute approximate surface area is 184 Å². The number of nitrogens with one attached hydrogen (secondary N) is 1. The number of aromatic nitrogens is 3. The van der Waals surface area contributed by atoms with Crippen LogP contribution < -0.4 is 5.32 Å². The van der Waals surface area contributed by atoms with Gasteiger partial charge in [-0.05, 0) is 48.7 Å². The van der Waals surface area contributed by atoms with E-state index in [1.54, 1.807) is 35.5 Å². The maximum Gasteiger partial charge on any atom is 0.272 e. The minimum absolute atomic E-state index is 0.201. The van der Waals surface area contributed by atoms with Crippen molar-refractivity contribution in [2.75, 3.05) is 18.4 Å². The summed E-state index contributed by atoms with van der Waals surface area (Å²) in [4.78, 5) is 18.3. The van der Waals surface area contributed by atoms with Gasteiger partial charge in [0, 0.05) is 48.0 Å². The van der Waals surface area contributed by atoms with Crippen LogP contribution in [-0.2, 0) is 11.3 Å². The highest BCUT2D eigenvalue weighted by molar-refractivity contribution is 6.02. The lowest BCUT2D eigenvalue weighted by Crippen LogP contribution is -2.55. The predicted octanol–water partition coefficient (Wildman–Crippen LogP) is 4.38. The summed E-state index contributed by atoms with van der Waals surface area (Å²) in [5.41, 5.74) is 4.16. The van der Waals surface area contributed by atoms with E-state index in [2.05, 4.69) is 15.4 Å². The number of hydrogen-bond donors (Lipinski definition) is 1. The number of nitrogens with zero attached hydrogens (tertiary/aromatic N) is 4. The van der Waals surface area contributed by atoms with E-state index < -0.39 is 5.92 Å².